The van der Waals surface area contributed by atoms with Crippen molar-refractivity contribution >= 4 is 17.1 Å². The summed E-state index contributed by atoms with van der Waals surface area (Å²) < 4.78 is 5.72. The molecule has 0 spiro atoms. The first-order chi connectivity index (χ1) is 13.2. The van der Waals surface area contributed by atoms with E-state index < -0.39 is 6.10 Å². The fraction of sp³-hybridized carbons (Fsp3) is 0.522. The van der Waals surface area contributed by atoms with Crippen LogP contribution in [0.3, 0.4) is 0 Å². The highest BCUT2D eigenvalue weighted by Crippen LogP contribution is 2.28. The van der Waals surface area contributed by atoms with Gasteiger partial charge in [0.25, 0.3) is 0 Å². The molecule has 0 amide bonds. The van der Waals surface area contributed by atoms with Gasteiger partial charge < -0.3 is 15.6 Å². The lowest BCUT2D eigenvalue weighted by atomic mass is 9.98. The number of aryl methyl sites for hydroxylation is 3. The number of ketones is 1. The molecule has 0 bridgehead atoms. The molecule has 154 valence electrons. The Hall–Kier alpha value is -1.69. The highest BCUT2D eigenvalue weighted by Gasteiger charge is 2.16. The number of thiophene rings is 1. The predicted molar refractivity (Wildman–Crippen MR) is 117 cm³/mol. The van der Waals surface area contributed by atoms with Crippen molar-refractivity contribution in [3.63, 3.8) is 0 Å². The lowest BCUT2D eigenvalue weighted by Crippen LogP contribution is -2.26. The molecule has 1 atom stereocenters. The van der Waals surface area contributed by atoms with Crippen LogP contribution in [-0.2, 0) is 12.8 Å². The summed E-state index contributed by atoms with van der Waals surface area (Å²) in [5, 5.41) is 11.7. The van der Waals surface area contributed by atoms with Crippen molar-refractivity contribution in [3.8, 4) is 5.75 Å². The van der Waals surface area contributed by atoms with Crippen LogP contribution in [0.15, 0.2) is 17.5 Å². The number of carbonyl (C=O) groups is 1. The Morgan fingerprint density at radius 1 is 1.21 bits per heavy atom. The van der Waals surface area contributed by atoms with Crippen LogP contribution in [0.2, 0.25) is 0 Å². The third-order valence-corrected chi connectivity index (χ3v) is 6.05. The normalized spacial score (nSPS) is 12.4. The van der Waals surface area contributed by atoms with Crippen LogP contribution in [0.5, 0.6) is 5.75 Å². The maximum atomic E-state index is 12.7. The molecule has 1 aromatic heterocycles. The van der Waals surface area contributed by atoms with E-state index in [9.17, 15) is 9.90 Å². The predicted octanol–water partition coefficient (Wildman–Crippen LogP) is 4.39. The van der Waals surface area contributed by atoms with Gasteiger partial charge in [0.05, 0.1) is 4.88 Å². The summed E-state index contributed by atoms with van der Waals surface area (Å²) in [7, 11) is 0. The Morgan fingerprint density at radius 2 is 1.86 bits per heavy atom. The van der Waals surface area contributed by atoms with Crippen molar-refractivity contribution in [2.45, 2.75) is 60.0 Å². The highest BCUT2D eigenvalue weighted by molar-refractivity contribution is 7.12. The van der Waals surface area contributed by atoms with Crippen LogP contribution >= 0.6 is 11.3 Å². The minimum Gasteiger partial charge on any atom is -0.490 e. The molecule has 0 saturated heterocycles. The number of carbonyl (C=O) groups excluding carboxylic acids is 1. The quantitative estimate of drug-likeness (QED) is 0.577. The zero-order valence-electron chi connectivity index (χ0n) is 17.7. The van der Waals surface area contributed by atoms with Gasteiger partial charge in [-0.2, -0.15) is 0 Å². The molecule has 2 aromatic rings. The van der Waals surface area contributed by atoms with Gasteiger partial charge in [-0.05, 0) is 72.7 Å². The molecule has 2 rings (SSSR count). The summed E-state index contributed by atoms with van der Waals surface area (Å²) in [6.07, 6.45) is 1.58. The van der Waals surface area contributed by atoms with Crippen LogP contribution in [0.1, 0.15) is 57.8 Å². The molecule has 0 aliphatic carbocycles. The number of Topliss-reactive ketones (excluding diaryl/α,β-unsaturated/α-hetero) is 1. The van der Waals surface area contributed by atoms with Gasteiger partial charge in [-0.1, -0.05) is 26.0 Å². The summed E-state index contributed by atoms with van der Waals surface area (Å²) in [6, 6.07) is 4.13. The molecular weight excluding hydrogens is 370 g/mol. The van der Waals surface area contributed by atoms with Gasteiger partial charge in [-0.3, -0.25) is 4.79 Å². The first-order valence-electron chi connectivity index (χ1n) is 9.94. The third-order valence-electron chi connectivity index (χ3n) is 4.88. The van der Waals surface area contributed by atoms with Crippen molar-refractivity contribution in [2.24, 2.45) is 11.7 Å². The first kappa shape index (κ1) is 22.6. The van der Waals surface area contributed by atoms with Gasteiger partial charge >= 0.3 is 0 Å². The monoisotopic (exact) mass is 403 g/mol. The van der Waals surface area contributed by atoms with E-state index in [0.717, 1.165) is 39.3 Å². The van der Waals surface area contributed by atoms with Crippen molar-refractivity contribution in [2.75, 3.05) is 13.2 Å². The number of benzene rings is 1. The van der Waals surface area contributed by atoms with Gasteiger partial charge in [0.2, 0.25) is 0 Å². The standard InChI is InChI=1S/C23H33NO3S/c1-14(2)8-19-13-28-23(17(19)5)21(26)7-6-18-9-15(3)22(16(4)10-18)27-12-20(25)11-24/h9-10,13-14,20,25H,6-8,11-12,24H2,1-5H3. The Bertz CT molecular complexity index is 787. The number of hydrogen-bond donors (Lipinski definition) is 2. The first-order valence-corrected chi connectivity index (χ1v) is 10.8. The minimum absolute atomic E-state index is 0.180. The van der Waals surface area contributed by atoms with E-state index in [1.807, 2.05) is 13.8 Å². The molecule has 0 aliphatic rings. The van der Waals surface area contributed by atoms with Crippen LogP contribution in [0.4, 0.5) is 0 Å². The molecule has 0 saturated carbocycles. The summed E-state index contributed by atoms with van der Waals surface area (Å²) >= 11 is 1.58. The molecule has 3 N–H and O–H groups in total. The van der Waals surface area contributed by atoms with Gasteiger partial charge in [0, 0.05) is 13.0 Å². The molecule has 1 unspecified atom stereocenters. The lowest BCUT2D eigenvalue weighted by molar-refractivity contribution is 0.0986. The van der Waals surface area contributed by atoms with Gasteiger partial charge in [-0.15, -0.1) is 11.3 Å². The molecule has 1 heterocycles. The summed E-state index contributed by atoms with van der Waals surface area (Å²) in [6.45, 7) is 10.8. The number of nitrogens with two attached hydrogens (primary N) is 1. The number of hydrogen-bond acceptors (Lipinski definition) is 5. The third kappa shape index (κ3) is 5.90. The average Bonchev–Trinajstić information content (AvgIpc) is 2.98. The van der Waals surface area contributed by atoms with Crippen LogP contribution in [0.25, 0.3) is 0 Å². The number of ether oxygens (including phenoxy) is 1. The van der Waals surface area contributed by atoms with E-state index in [4.69, 9.17) is 10.5 Å². The smallest absolute Gasteiger partial charge is 0.173 e. The molecule has 4 nitrogen and oxygen atoms in total. The van der Waals surface area contributed by atoms with Crippen molar-refractivity contribution in [3.05, 3.63) is 50.2 Å². The SMILES string of the molecule is Cc1cc(CCC(=O)c2scc(CC(C)C)c2C)cc(C)c1OCC(O)CN. The van der Waals surface area contributed by atoms with E-state index in [-0.39, 0.29) is 18.9 Å². The van der Waals surface area contributed by atoms with E-state index in [1.54, 1.807) is 11.3 Å². The molecule has 28 heavy (non-hydrogen) atoms. The molecule has 1 aromatic carbocycles. The van der Waals surface area contributed by atoms with Gasteiger partial charge in [0.1, 0.15) is 18.5 Å². The fourth-order valence-electron chi connectivity index (χ4n) is 3.40. The second-order valence-electron chi connectivity index (χ2n) is 8.00. The lowest BCUT2D eigenvalue weighted by Gasteiger charge is -2.16. The van der Waals surface area contributed by atoms with Crippen LogP contribution in [0, 0.1) is 26.7 Å². The van der Waals surface area contributed by atoms with E-state index in [0.29, 0.717) is 18.8 Å². The zero-order chi connectivity index (χ0) is 20.8. The summed E-state index contributed by atoms with van der Waals surface area (Å²) in [5.74, 6) is 1.60. The van der Waals surface area contributed by atoms with Gasteiger partial charge in [-0.25, -0.2) is 0 Å². The van der Waals surface area contributed by atoms with Crippen molar-refractivity contribution in [1.82, 2.24) is 0 Å². The van der Waals surface area contributed by atoms with Gasteiger partial charge in [0.15, 0.2) is 5.78 Å². The largest absolute Gasteiger partial charge is 0.490 e. The maximum Gasteiger partial charge on any atom is 0.173 e. The average molecular weight is 404 g/mol. The highest BCUT2D eigenvalue weighted by atomic mass is 32.1. The van der Waals surface area contributed by atoms with Crippen molar-refractivity contribution < 1.29 is 14.6 Å². The second kappa shape index (κ2) is 10.2. The van der Waals surface area contributed by atoms with E-state index in [2.05, 4.69) is 38.3 Å². The Labute approximate surface area is 172 Å². The van der Waals surface area contributed by atoms with E-state index in [1.165, 1.54) is 5.56 Å². The van der Waals surface area contributed by atoms with E-state index >= 15 is 0 Å². The van der Waals surface area contributed by atoms with Crippen LogP contribution in [-0.4, -0.2) is 30.1 Å². The number of aliphatic hydroxyl groups excluding tert-OH is 1. The summed E-state index contributed by atoms with van der Waals surface area (Å²) in [5.41, 5.74) is 11.0. The fourth-order valence-corrected chi connectivity index (χ4v) is 4.47. The maximum absolute atomic E-state index is 12.7. The molecular formula is C23H33NO3S. The minimum atomic E-state index is -0.661. The topological polar surface area (TPSA) is 72.5 Å². The number of aliphatic hydroxyl groups is 1. The molecule has 0 fully saturated rings. The molecule has 0 radical (unpaired) electrons. The van der Waals surface area contributed by atoms with Crippen molar-refractivity contribution in [1.29, 1.82) is 0 Å². The Morgan fingerprint density at radius 3 is 2.43 bits per heavy atom. The zero-order valence-corrected chi connectivity index (χ0v) is 18.5. The molecule has 0 aliphatic heterocycles. The molecule has 5 heteroatoms. The second-order valence-corrected chi connectivity index (χ2v) is 8.88. The Kier molecular flexibility index (Phi) is 8.23. The Balaban J connectivity index is 2.02. The summed E-state index contributed by atoms with van der Waals surface area (Å²) in [4.78, 5) is 13.6. The van der Waals surface area contributed by atoms with Crippen LogP contribution < -0.4 is 10.5 Å². The number of rotatable bonds is 10.